The smallest absolute Gasteiger partial charge is 0.325 e. The number of carbonyl (C=O) groups excluding carboxylic acids is 1. The summed E-state index contributed by atoms with van der Waals surface area (Å²) in [6.45, 7) is 3.49. The summed E-state index contributed by atoms with van der Waals surface area (Å²) >= 11 is 0. The molecule has 1 rings (SSSR count). The summed E-state index contributed by atoms with van der Waals surface area (Å²) in [7, 11) is 0. The molecule has 98 valence electrons. The SMILES string of the molecule is CCC(CC1CCCC1)C(=O)N[C@@H](C)C(=O)O. The van der Waals surface area contributed by atoms with Crippen molar-refractivity contribution in [2.75, 3.05) is 0 Å². The van der Waals surface area contributed by atoms with Crippen LogP contribution >= 0.6 is 0 Å². The van der Waals surface area contributed by atoms with E-state index in [2.05, 4.69) is 5.32 Å². The van der Waals surface area contributed by atoms with E-state index in [4.69, 9.17) is 5.11 Å². The first-order valence-electron chi connectivity index (χ1n) is 6.57. The molecule has 0 aromatic rings. The molecule has 1 aliphatic carbocycles. The molecule has 17 heavy (non-hydrogen) atoms. The molecule has 4 nitrogen and oxygen atoms in total. The normalized spacial score (nSPS) is 19.9. The Labute approximate surface area is 103 Å². The minimum atomic E-state index is -0.978. The molecule has 0 bridgehead atoms. The van der Waals surface area contributed by atoms with Gasteiger partial charge in [0.25, 0.3) is 0 Å². The fraction of sp³-hybridized carbons (Fsp3) is 0.846. The first kappa shape index (κ1) is 14.0. The summed E-state index contributed by atoms with van der Waals surface area (Å²) in [6.07, 6.45) is 6.68. The van der Waals surface area contributed by atoms with E-state index < -0.39 is 12.0 Å². The van der Waals surface area contributed by atoms with Crippen LogP contribution in [0.15, 0.2) is 0 Å². The largest absolute Gasteiger partial charge is 0.480 e. The quantitative estimate of drug-likeness (QED) is 0.749. The zero-order chi connectivity index (χ0) is 12.8. The van der Waals surface area contributed by atoms with Gasteiger partial charge in [-0.2, -0.15) is 0 Å². The maximum atomic E-state index is 11.9. The number of carbonyl (C=O) groups is 2. The highest BCUT2D eigenvalue weighted by atomic mass is 16.4. The molecule has 0 aromatic carbocycles. The van der Waals surface area contributed by atoms with Crippen molar-refractivity contribution in [2.45, 2.75) is 58.4 Å². The number of aliphatic carboxylic acids is 1. The van der Waals surface area contributed by atoms with Gasteiger partial charge in [0.1, 0.15) is 6.04 Å². The molecule has 0 heterocycles. The van der Waals surface area contributed by atoms with Gasteiger partial charge < -0.3 is 10.4 Å². The van der Waals surface area contributed by atoms with E-state index in [1.165, 1.54) is 32.6 Å². The molecular formula is C13H23NO3. The molecule has 0 aromatic heterocycles. The highest BCUT2D eigenvalue weighted by molar-refractivity contribution is 5.84. The topological polar surface area (TPSA) is 66.4 Å². The zero-order valence-corrected chi connectivity index (χ0v) is 10.7. The number of hydrogen-bond donors (Lipinski definition) is 2. The Morgan fingerprint density at radius 1 is 1.35 bits per heavy atom. The van der Waals surface area contributed by atoms with Crippen molar-refractivity contribution in [2.24, 2.45) is 11.8 Å². The van der Waals surface area contributed by atoms with E-state index >= 15 is 0 Å². The van der Waals surface area contributed by atoms with Crippen molar-refractivity contribution >= 4 is 11.9 Å². The predicted molar refractivity (Wildman–Crippen MR) is 65.6 cm³/mol. The second-order valence-electron chi connectivity index (χ2n) is 5.06. The van der Waals surface area contributed by atoms with Crippen molar-refractivity contribution in [3.05, 3.63) is 0 Å². The molecule has 0 saturated heterocycles. The van der Waals surface area contributed by atoms with E-state index in [1.54, 1.807) is 0 Å². The van der Waals surface area contributed by atoms with E-state index in [9.17, 15) is 9.59 Å². The summed E-state index contributed by atoms with van der Waals surface area (Å²) in [5.74, 6) is -0.450. The zero-order valence-electron chi connectivity index (χ0n) is 10.7. The summed E-state index contributed by atoms with van der Waals surface area (Å²) in [6, 6.07) is -0.792. The van der Waals surface area contributed by atoms with Gasteiger partial charge >= 0.3 is 5.97 Å². The van der Waals surface area contributed by atoms with Crippen molar-refractivity contribution < 1.29 is 14.7 Å². The number of amides is 1. The van der Waals surface area contributed by atoms with Crippen LogP contribution in [-0.2, 0) is 9.59 Å². The number of rotatable bonds is 6. The molecule has 0 aliphatic heterocycles. The van der Waals surface area contributed by atoms with Crippen LogP contribution in [0.2, 0.25) is 0 Å². The fourth-order valence-corrected chi connectivity index (χ4v) is 2.50. The van der Waals surface area contributed by atoms with Crippen LogP contribution in [0.3, 0.4) is 0 Å². The third kappa shape index (κ3) is 4.36. The van der Waals surface area contributed by atoms with E-state index in [0.29, 0.717) is 5.92 Å². The van der Waals surface area contributed by atoms with Gasteiger partial charge in [-0.3, -0.25) is 9.59 Å². The number of nitrogens with one attached hydrogen (secondary N) is 1. The van der Waals surface area contributed by atoms with Crippen LogP contribution in [0, 0.1) is 11.8 Å². The first-order valence-corrected chi connectivity index (χ1v) is 6.57. The molecule has 0 radical (unpaired) electrons. The number of carboxylic acids is 1. The molecule has 1 unspecified atom stereocenters. The monoisotopic (exact) mass is 241 g/mol. The minimum Gasteiger partial charge on any atom is -0.480 e. The summed E-state index contributed by atoms with van der Waals surface area (Å²) < 4.78 is 0. The summed E-state index contributed by atoms with van der Waals surface area (Å²) in [5, 5.41) is 11.3. The van der Waals surface area contributed by atoms with Gasteiger partial charge in [-0.25, -0.2) is 0 Å². The highest BCUT2D eigenvalue weighted by Gasteiger charge is 2.25. The first-order chi connectivity index (χ1) is 8.04. The van der Waals surface area contributed by atoms with Crippen molar-refractivity contribution in [1.29, 1.82) is 0 Å². The lowest BCUT2D eigenvalue weighted by atomic mass is 9.90. The Kier molecular flexibility index (Phi) is 5.45. The number of carboxylic acid groups (broad SMARTS) is 1. The Bertz CT molecular complexity index is 272. The number of hydrogen-bond acceptors (Lipinski definition) is 2. The van der Waals surface area contributed by atoms with Crippen LogP contribution in [0.1, 0.15) is 52.4 Å². The van der Waals surface area contributed by atoms with E-state index in [1.807, 2.05) is 6.92 Å². The second kappa shape index (κ2) is 6.62. The summed E-state index contributed by atoms with van der Waals surface area (Å²) in [5.41, 5.74) is 0. The summed E-state index contributed by atoms with van der Waals surface area (Å²) in [4.78, 5) is 22.6. The third-order valence-electron chi connectivity index (χ3n) is 3.69. The third-order valence-corrected chi connectivity index (χ3v) is 3.69. The van der Waals surface area contributed by atoms with Crippen molar-refractivity contribution in [1.82, 2.24) is 5.32 Å². The fourth-order valence-electron chi connectivity index (χ4n) is 2.50. The van der Waals surface area contributed by atoms with Gasteiger partial charge in [-0.15, -0.1) is 0 Å². The van der Waals surface area contributed by atoms with Gasteiger partial charge in [0.05, 0.1) is 0 Å². The van der Waals surface area contributed by atoms with Gasteiger partial charge in [-0.05, 0) is 25.7 Å². The van der Waals surface area contributed by atoms with Gasteiger partial charge in [-0.1, -0.05) is 32.6 Å². The Balaban J connectivity index is 2.42. The average Bonchev–Trinajstić information content (AvgIpc) is 2.78. The van der Waals surface area contributed by atoms with Gasteiger partial charge in [0.15, 0.2) is 0 Å². The lowest BCUT2D eigenvalue weighted by molar-refractivity contribution is -0.142. The van der Waals surface area contributed by atoms with E-state index in [0.717, 1.165) is 12.8 Å². The average molecular weight is 241 g/mol. The highest BCUT2D eigenvalue weighted by Crippen LogP contribution is 2.31. The minimum absolute atomic E-state index is 0.0279. The lowest BCUT2D eigenvalue weighted by Crippen LogP contribution is -2.41. The molecular weight excluding hydrogens is 218 g/mol. The Hall–Kier alpha value is -1.06. The molecule has 2 N–H and O–H groups in total. The van der Waals surface area contributed by atoms with Crippen LogP contribution in [0.4, 0.5) is 0 Å². The van der Waals surface area contributed by atoms with Crippen LogP contribution in [-0.4, -0.2) is 23.0 Å². The Morgan fingerprint density at radius 3 is 2.41 bits per heavy atom. The maximum Gasteiger partial charge on any atom is 0.325 e. The predicted octanol–water partition coefficient (Wildman–Crippen LogP) is 2.18. The van der Waals surface area contributed by atoms with Crippen LogP contribution in [0.5, 0.6) is 0 Å². The van der Waals surface area contributed by atoms with Gasteiger partial charge in [0.2, 0.25) is 5.91 Å². The molecule has 0 spiro atoms. The van der Waals surface area contributed by atoms with Crippen molar-refractivity contribution in [3.63, 3.8) is 0 Å². The van der Waals surface area contributed by atoms with Crippen LogP contribution in [0.25, 0.3) is 0 Å². The molecule has 4 heteroatoms. The van der Waals surface area contributed by atoms with E-state index in [-0.39, 0.29) is 11.8 Å². The molecule has 2 atom stereocenters. The van der Waals surface area contributed by atoms with Gasteiger partial charge in [0, 0.05) is 5.92 Å². The maximum absolute atomic E-state index is 11.9. The standard InChI is InChI=1S/C13H23NO3/c1-3-11(8-10-6-4-5-7-10)12(15)14-9(2)13(16)17/h9-11H,3-8H2,1-2H3,(H,14,15)(H,16,17)/t9-,11?/m0/s1. The molecule has 1 fully saturated rings. The van der Waals surface area contributed by atoms with Crippen LogP contribution < -0.4 is 5.32 Å². The molecule has 1 amide bonds. The lowest BCUT2D eigenvalue weighted by Gasteiger charge is -2.20. The molecule has 1 aliphatic rings. The molecule has 1 saturated carbocycles. The van der Waals surface area contributed by atoms with Crippen molar-refractivity contribution in [3.8, 4) is 0 Å². The Morgan fingerprint density at radius 2 is 1.94 bits per heavy atom. The second-order valence-corrected chi connectivity index (χ2v) is 5.06.